The van der Waals surface area contributed by atoms with Crippen LogP contribution in [0.2, 0.25) is 0 Å². The van der Waals surface area contributed by atoms with E-state index in [1.807, 2.05) is 32.0 Å². The maximum atomic E-state index is 13.7. The number of hydrogen-bond acceptors (Lipinski definition) is 5. The topological polar surface area (TPSA) is 81.2 Å². The summed E-state index contributed by atoms with van der Waals surface area (Å²) >= 11 is 0. The van der Waals surface area contributed by atoms with Crippen molar-refractivity contribution in [2.24, 2.45) is 0 Å². The van der Waals surface area contributed by atoms with Crippen molar-refractivity contribution in [3.63, 3.8) is 0 Å². The molecule has 7 heteroatoms. The second kappa shape index (κ2) is 6.60. The molecular formula is C21H18FN3O3. The van der Waals surface area contributed by atoms with Crippen molar-refractivity contribution in [2.75, 3.05) is 0 Å². The first kappa shape index (κ1) is 17.9. The predicted octanol–water partition coefficient (Wildman–Crippen LogP) is 4.20. The lowest BCUT2D eigenvalue weighted by molar-refractivity contribution is 0.425. The number of hydrogen-bond donors (Lipinski definition) is 1. The predicted molar refractivity (Wildman–Crippen MR) is 104 cm³/mol. The zero-order valence-electron chi connectivity index (χ0n) is 15.7. The molecule has 0 radical (unpaired) electrons. The van der Waals surface area contributed by atoms with Gasteiger partial charge in [-0.05, 0) is 56.2 Å². The summed E-state index contributed by atoms with van der Waals surface area (Å²) in [4.78, 5) is 17.3. The number of pyridine rings is 1. The van der Waals surface area contributed by atoms with E-state index in [1.54, 1.807) is 6.92 Å². The van der Waals surface area contributed by atoms with Crippen molar-refractivity contribution in [1.29, 1.82) is 0 Å². The molecule has 4 rings (SSSR count). The zero-order chi connectivity index (χ0) is 20.0. The van der Waals surface area contributed by atoms with Gasteiger partial charge in [0.15, 0.2) is 0 Å². The van der Waals surface area contributed by atoms with E-state index in [9.17, 15) is 14.3 Å². The fourth-order valence-corrected chi connectivity index (χ4v) is 3.24. The summed E-state index contributed by atoms with van der Waals surface area (Å²) in [7, 11) is 0. The van der Waals surface area contributed by atoms with Crippen LogP contribution in [0.3, 0.4) is 0 Å². The van der Waals surface area contributed by atoms with Crippen molar-refractivity contribution < 1.29 is 14.0 Å². The average Bonchev–Trinajstić information content (AvgIpc) is 3.14. The standard InChI is InChI=1S/C21H18FN3O3/c1-4-25-16-10-14(22)7-8-15(16)18(26)17(21(25)27)20-23-19(24-28-20)13-6-5-11(2)12(3)9-13/h5-10,26H,4H2,1-3H3. The van der Waals surface area contributed by atoms with Crippen LogP contribution in [0.5, 0.6) is 5.75 Å². The lowest BCUT2D eigenvalue weighted by atomic mass is 10.1. The summed E-state index contributed by atoms with van der Waals surface area (Å²) in [5.41, 5.74) is 2.65. The SMILES string of the molecule is CCn1c(=O)c(-c2nc(-c3ccc(C)c(C)c3)no2)c(O)c2ccc(F)cc21. The number of aromatic hydroxyl groups is 1. The van der Waals surface area contributed by atoms with Crippen molar-refractivity contribution in [2.45, 2.75) is 27.3 Å². The molecule has 0 amide bonds. The minimum absolute atomic E-state index is 0.0795. The molecule has 2 heterocycles. The first-order valence-corrected chi connectivity index (χ1v) is 8.87. The van der Waals surface area contributed by atoms with Gasteiger partial charge < -0.3 is 14.2 Å². The largest absolute Gasteiger partial charge is 0.506 e. The highest BCUT2D eigenvalue weighted by Gasteiger charge is 2.23. The van der Waals surface area contributed by atoms with Gasteiger partial charge in [0.25, 0.3) is 11.4 Å². The van der Waals surface area contributed by atoms with Crippen LogP contribution in [0, 0.1) is 19.7 Å². The number of aryl methyl sites for hydroxylation is 3. The van der Waals surface area contributed by atoms with Gasteiger partial charge in [0.2, 0.25) is 5.82 Å². The van der Waals surface area contributed by atoms with Crippen molar-refractivity contribution >= 4 is 10.9 Å². The maximum Gasteiger partial charge on any atom is 0.267 e. The van der Waals surface area contributed by atoms with Crippen LogP contribution in [0.25, 0.3) is 33.7 Å². The molecule has 0 saturated heterocycles. The molecule has 2 aromatic heterocycles. The number of halogens is 1. The number of benzene rings is 2. The molecule has 2 aromatic carbocycles. The Balaban J connectivity index is 1.93. The van der Waals surface area contributed by atoms with Crippen LogP contribution in [0.15, 0.2) is 45.7 Å². The Bertz CT molecular complexity index is 1270. The minimum atomic E-state index is -0.520. The van der Waals surface area contributed by atoms with Gasteiger partial charge in [-0.25, -0.2) is 4.39 Å². The summed E-state index contributed by atoms with van der Waals surface area (Å²) in [5, 5.41) is 15.0. The van der Waals surface area contributed by atoms with Gasteiger partial charge in [0.05, 0.1) is 5.52 Å². The van der Waals surface area contributed by atoms with E-state index in [1.165, 1.54) is 22.8 Å². The number of fused-ring (bicyclic) bond motifs is 1. The summed E-state index contributed by atoms with van der Waals surface area (Å²) in [6, 6.07) is 9.62. The third-order valence-corrected chi connectivity index (χ3v) is 4.92. The van der Waals surface area contributed by atoms with Crippen molar-refractivity contribution in [1.82, 2.24) is 14.7 Å². The van der Waals surface area contributed by atoms with Crippen LogP contribution in [0.4, 0.5) is 4.39 Å². The highest BCUT2D eigenvalue weighted by molar-refractivity contribution is 5.91. The molecule has 142 valence electrons. The fourth-order valence-electron chi connectivity index (χ4n) is 3.24. The summed E-state index contributed by atoms with van der Waals surface area (Å²) < 4.78 is 20.3. The maximum absolute atomic E-state index is 13.7. The Kier molecular flexibility index (Phi) is 4.22. The first-order valence-electron chi connectivity index (χ1n) is 8.87. The zero-order valence-corrected chi connectivity index (χ0v) is 15.7. The Morgan fingerprint density at radius 3 is 2.64 bits per heavy atom. The Morgan fingerprint density at radius 2 is 1.93 bits per heavy atom. The minimum Gasteiger partial charge on any atom is -0.506 e. The lowest BCUT2D eigenvalue weighted by Gasteiger charge is -2.11. The van der Waals surface area contributed by atoms with E-state index in [2.05, 4.69) is 10.1 Å². The van der Waals surface area contributed by atoms with Crippen molar-refractivity contribution in [3.05, 3.63) is 63.7 Å². The molecule has 0 spiro atoms. The van der Waals surface area contributed by atoms with Crippen LogP contribution in [0.1, 0.15) is 18.1 Å². The molecule has 0 aliphatic rings. The normalized spacial score (nSPS) is 11.3. The Hall–Kier alpha value is -3.48. The molecule has 0 aliphatic carbocycles. The molecule has 6 nitrogen and oxygen atoms in total. The van der Waals surface area contributed by atoms with E-state index in [0.29, 0.717) is 23.3 Å². The molecular weight excluding hydrogens is 361 g/mol. The fraction of sp³-hybridized carbons (Fsp3) is 0.190. The highest BCUT2D eigenvalue weighted by atomic mass is 19.1. The van der Waals surface area contributed by atoms with Gasteiger partial charge in [0.1, 0.15) is 17.1 Å². The van der Waals surface area contributed by atoms with E-state index < -0.39 is 11.4 Å². The number of nitrogens with zero attached hydrogens (tertiary/aromatic N) is 3. The van der Waals surface area contributed by atoms with Crippen LogP contribution >= 0.6 is 0 Å². The van der Waals surface area contributed by atoms with Crippen LogP contribution in [-0.4, -0.2) is 19.8 Å². The Labute approximate surface area is 159 Å². The second-order valence-corrected chi connectivity index (χ2v) is 6.66. The van der Waals surface area contributed by atoms with E-state index in [4.69, 9.17) is 4.52 Å². The van der Waals surface area contributed by atoms with Crippen molar-refractivity contribution in [3.8, 4) is 28.6 Å². The van der Waals surface area contributed by atoms with Gasteiger partial charge in [-0.15, -0.1) is 0 Å². The van der Waals surface area contributed by atoms with Crippen LogP contribution < -0.4 is 5.56 Å². The van der Waals surface area contributed by atoms with Crippen LogP contribution in [-0.2, 0) is 6.54 Å². The quantitative estimate of drug-likeness (QED) is 0.577. The third kappa shape index (κ3) is 2.76. The van der Waals surface area contributed by atoms with Gasteiger partial charge in [-0.3, -0.25) is 4.79 Å². The van der Waals surface area contributed by atoms with E-state index in [0.717, 1.165) is 16.7 Å². The van der Waals surface area contributed by atoms with Gasteiger partial charge in [0, 0.05) is 17.5 Å². The van der Waals surface area contributed by atoms with E-state index >= 15 is 0 Å². The summed E-state index contributed by atoms with van der Waals surface area (Å²) in [5.74, 6) is -0.556. The van der Waals surface area contributed by atoms with E-state index in [-0.39, 0.29) is 17.2 Å². The molecule has 0 aliphatic heterocycles. The first-order chi connectivity index (χ1) is 13.4. The summed E-state index contributed by atoms with van der Waals surface area (Å²) in [6.45, 7) is 6.04. The average molecular weight is 379 g/mol. The highest BCUT2D eigenvalue weighted by Crippen LogP contribution is 2.33. The number of rotatable bonds is 3. The molecule has 0 fully saturated rings. The molecule has 28 heavy (non-hydrogen) atoms. The van der Waals surface area contributed by atoms with Gasteiger partial charge in [-0.1, -0.05) is 17.3 Å². The molecule has 4 aromatic rings. The molecule has 0 atom stereocenters. The monoisotopic (exact) mass is 379 g/mol. The third-order valence-electron chi connectivity index (χ3n) is 4.92. The Morgan fingerprint density at radius 1 is 1.14 bits per heavy atom. The smallest absolute Gasteiger partial charge is 0.267 e. The molecule has 0 saturated carbocycles. The second-order valence-electron chi connectivity index (χ2n) is 6.66. The van der Waals surface area contributed by atoms with Gasteiger partial charge >= 0.3 is 0 Å². The molecule has 1 N–H and O–H groups in total. The molecule has 0 unspecified atom stereocenters. The number of aromatic nitrogens is 3. The summed E-state index contributed by atoms with van der Waals surface area (Å²) in [6.07, 6.45) is 0. The molecule has 0 bridgehead atoms. The lowest BCUT2D eigenvalue weighted by Crippen LogP contribution is -2.21. The van der Waals surface area contributed by atoms with Gasteiger partial charge in [-0.2, -0.15) is 4.98 Å².